The first-order valence-corrected chi connectivity index (χ1v) is 10.9. The van der Waals surface area contributed by atoms with E-state index >= 15 is 0 Å². The third-order valence-corrected chi connectivity index (χ3v) is 6.24. The molecule has 1 aliphatic heterocycles. The lowest BCUT2D eigenvalue weighted by atomic mass is 9.77. The first-order chi connectivity index (χ1) is 15.1. The van der Waals surface area contributed by atoms with E-state index in [2.05, 4.69) is 22.7 Å². The molecule has 12 nitrogen and oxygen atoms in total. The number of imide groups is 1. The lowest BCUT2D eigenvalue weighted by Crippen LogP contribution is -2.53. The summed E-state index contributed by atoms with van der Waals surface area (Å²) in [6.07, 6.45) is 4.18. The average molecular weight is 450 g/mol. The van der Waals surface area contributed by atoms with Gasteiger partial charge in [0.2, 0.25) is 0 Å². The molecule has 0 bridgehead atoms. The highest BCUT2D eigenvalue weighted by atomic mass is 16.2. The molecular weight excluding hydrogens is 418 g/mol. The van der Waals surface area contributed by atoms with Crippen LogP contribution in [0.4, 0.5) is 16.3 Å². The van der Waals surface area contributed by atoms with Crippen molar-refractivity contribution in [1.29, 1.82) is 0 Å². The predicted molar refractivity (Wildman–Crippen MR) is 118 cm³/mol. The van der Waals surface area contributed by atoms with Gasteiger partial charge in [-0.25, -0.2) is 9.59 Å². The van der Waals surface area contributed by atoms with Crippen molar-refractivity contribution < 1.29 is 14.4 Å². The molecule has 1 aromatic rings. The van der Waals surface area contributed by atoms with Crippen LogP contribution in [0.3, 0.4) is 0 Å². The van der Waals surface area contributed by atoms with Crippen LogP contribution in [0.25, 0.3) is 0 Å². The van der Waals surface area contributed by atoms with Crippen LogP contribution in [0.15, 0.2) is 9.59 Å². The van der Waals surface area contributed by atoms with Crippen LogP contribution in [0.5, 0.6) is 0 Å². The Morgan fingerprint density at radius 3 is 2.53 bits per heavy atom. The van der Waals surface area contributed by atoms with Crippen molar-refractivity contribution in [2.24, 2.45) is 5.92 Å². The van der Waals surface area contributed by atoms with Crippen LogP contribution in [0.2, 0.25) is 0 Å². The minimum atomic E-state index is -0.973. The Balaban J connectivity index is 1.72. The van der Waals surface area contributed by atoms with Crippen LogP contribution < -0.4 is 32.6 Å². The van der Waals surface area contributed by atoms with E-state index < -0.39 is 34.6 Å². The van der Waals surface area contributed by atoms with Crippen LogP contribution >= 0.6 is 0 Å². The zero-order valence-corrected chi connectivity index (χ0v) is 18.7. The summed E-state index contributed by atoms with van der Waals surface area (Å²) in [6, 6.07) is -0.675. The van der Waals surface area contributed by atoms with Gasteiger partial charge in [0.1, 0.15) is 17.0 Å². The van der Waals surface area contributed by atoms with Gasteiger partial charge in [-0.1, -0.05) is 20.3 Å². The van der Waals surface area contributed by atoms with E-state index in [1.54, 1.807) is 0 Å². The Hall–Kier alpha value is -3.31. The molecule has 0 atom stereocenters. The summed E-state index contributed by atoms with van der Waals surface area (Å²) in [5, 5.41) is 3.44. The Kier molecular flexibility index (Phi) is 6.60. The number of anilines is 2. The number of H-pyrrole nitrogens is 1. The number of aromatic nitrogens is 2. The van der Waals surface area contributed by atoms with E-state index in [9.17, 15) is 24.0 Å². The molecular formula is C20H31N7O5. The molecule has 2 fully saturated rings. The van der Waals surface area contributed by atoms with Crippen molar-refractivity contribution in [3.63, 3.8) is 0 Å². The number of nitrogens with two attached hydrogens (primary N) is 1. The summed E-state index contributed by atoms with van der Waals surface area (Å²) in [7, 11) is 1.46. The third kappa shape index (κ3) is 4.34. The standard InChI is InChI=1S/C20H31N7O5/c1-4-5-10-26-15(21)14(16(29)22-18(26)31)25(3)11-13(28)24-27-17(30)20(23-19(27)32)8-6-12(2)7-9-20/h12H,4-11,21H2,1-3H3,(H,23,32)(H,24,28)(H,22,29,31). The summed E-state index contributed by atoms with van der Waals surface area (Å²) in [5.41, 5.74) is 6.04. The number of carbonyl (C=O) groups excluding carboxylic acids is 3. The van der Waals surface area contributed by atoms with Gasteiger partial charge in [0.25, 0.3) is 17.4 Å². The second kappa shape index (κ2) is 9.05. The summed E-state index contributed by atoms with van der Waals surface area (Å²) < 4.78 is 1.25. The Morgan fingerprint density at radius 2 is 1.91 bits per heavy atom. The lowest BCUT2D eigenvalue weighted by Gasteiger charge is -2.33. The molecule has 0 aromatic carbocycles. The fraction of sp³-hybridized carbons (Fsp3) is 0.650. The minimum absolute atomic E-state index is 0.0363. The van der Waals surface area contributed by atoms with E-state index in [-0.39, 0.29) is 18.1 Å². The molecule has 1 saturated carbocycles. The van der Waals surface area contributed by atoms with Gasteiger partial charge in [0.05, 0.1) is 6.54 Å². The smallest absolute Gasteiger partial charge is 0.344 e. The number of unbranched alkanes of at least 4 members (excludes halogenated alkanes) is 1. The van der Waals surface area contributed by atoms with Gasteiger partial charge < -0.3 is 16.0 Å². The number of hydrazine groups is 1. The molecule has 1 saturated heterocycles. The third-order valence-electron chi connectivity index (χ3n) is 6.24. The molecule has 5 N–H and O–H groups in total. The van der Waals surface area contributed by atoms with E-state index in [0.717, 1.165) is 19.3 Å². The SMILES string of the molecule is CCCCn1c(N)c(N(C)CC(=O)NN2C(=O)NC3(CCC(C)CC3)C2=O)c(=O)[nH]c1=O. The topological polar surface area (TPSA) is 163 Å². The van der Waals surface area contributed by atoms with E-state index in [1.165, 1.54) is 16.5 Å². The van der Waals surface area contributed by atoms with Crippen molar-refractivity contribution in [3.8, 4) is 0 Å². The van der Waals surface area contributed by atoms with Gasteiger partial charge in [0, 0.05) is 13.6 Å². The number of urea groups is 1. The zero-order chi connectivity index (χ0) is 23.6. The predicted octanol–water partition coefficient (Wildman–Crippen LogP) is -0.113. The Labute approximate surface area is 185 Å². The molecule has 1 aromatic heterocycles. The normalized spacial score (nSPS) is 22.8. The largest absolute Gasteiger partial charge is 0.383 e. The quantitative estimate of drug-likeness (QED) is 0.422. The molecule has 1 spiro atoms. The molecule has 0 radical (unpaired) electrons. The highest BCUT2D eigenvalue weighted by Gasteiger charge is 2.52. The molecule has 3 rings (SSSR count). The van der Waals surface area contributed by atoms with Gasteiger partial charge in [-0.15, -0.1) is 0 Å². The second-order valence-corrected chi connectivity index (χ2v) is 8.72. The number of nitrogens with zero attached hydrogens (tertiary/aromatic N) is 3. The maximum atomic E-state index is 12.9. The molecule has 176 valence electrons. The maximum Gasteiger partial charge on any atom is 0.344 e. The molecule has 12 heteroatoms. The van der Waals surface area contributed by atoms with E-state index in [0.29, 0.717) is 36.7 Å². The summed E-state index contributed by atoms with van der Waals surface area (Å²) in [5.74, 6) is -0.724. The minimum Gasteiger partial charge on any atom is -0.383 e. The molecule has 32 heavy (non-hydrogen) atoms. The highest BCUT2D eigenvalue weighted by Crippen LogP contribution is 2.35. The number of carbonyl (C=O) groups is 3. The Morgan fingerprint density at radius 1 is 1.25 bits per heavy atom. The highest BCUT2D eigenvalue weighted by molar-refractivity contribution is 6.08. The average Bonchev–Trinajstić information content (AvgIpc) is 2.94. The first-order valence-electron chi connectivity index (χ1n) is 10.9. The summed E-state index contributed by atoms with van der Waals surface area (Å²) in [6.45, 7) is 4.02. The van der Waals surface area contributed by atoms with Gasteiger partial charge >= 0.3 is 11.7 Å². The van der Waals surface area contributed by atoms with Gasteiger partial charge in [-0.05, 0) is 38.0 Å². The number of aromatic amines is 1. The van der Waals surface area contributed by atoms with E-state index in [4.69, 9.17) is 5.73 Å². The molecule has 2 heterocycles. The summed E-state index contributed by atoms with van der Waals surface area (Å²) in [4.78, 5) is 65.8. The van der Waals surface area contributed by atoms with Crippen molar-refractivity contribution in [2.75, 3.05) is 24.2 Å². The van der Waals surface area contributed by atoms with Crippen LogP contribution in [-0.4, -0.2) is 51.5 Å². The number of nitrogen functional groups attached to an aromatic ring is 1. The van der Waals surface area contributed by atoms with Crippen LogP contribution in [0.1, 0.15) is 52.4 Å². The molecule has 1 aliphatic carbocycles. The number of amides is 4. The molecule has 4 amide bonds. The fourth-order valence-corrected chi connectivity index (χ4v) is 4.25. The van der Waals surface area contributed by atoms with Crippen LogP contribution in [0, 0.1) is 5.92 Å². The Bertz CT molecular complexity index is 1020. The number of rotatable bonds is 7. The number of nitrogens with one attached hydrogen (secondary N) is 3. The van der Waals surface area contributed by atoms with Crippen molar-refractivity contribution in [1.82, 2.24) is 25.3 Å². The summed E-state index contributed by atoms with van der Waals surface area (Å²) >= 11 is 0. The number of hydrogen-bond acceptors (Lipinski definition) is 7. The zero-order valence-electron chi connectivity index (χ0n) is 18.7. The van der Waals surface area contributed by atoms with Crippen molar-refractivity contribution in [3.05, 3.63) is 20.8 Å². The van der Waals surface area contributed by atoms with Crippen molar-refractivity contribution >= 4 is 29.4 Å². The number of likely N-dealkylation sites (N-methyl/N-ethyl adjacent to an activating group) is 1. The molecule has 0 unspecified atom stereocenters. The van der Waals surface area contributed by atoms with Gasteiger partial charge in [0.15, 0.2) is 0 Å². The van der Waals surface area contributed by atoms with E-state index in [1.807, 2.05) is 6.92 Å². The number of hydrogen-bond donors (Lipinski definition) is 4. The lowest BCUT2D eigenvalue weighted by molar-refractivity contribution is -0.139. The monoisotopic (exact) mass is 449 g/mol. The maximum absolute atomic E-state index is 12.9. The molecule has 2 aliphatic rings. The second-order valence-electron chi connectivity index (χ2n) is 8.72. The van der Waals surface area contributed by atoms with Gasteiger partial charge in [-0.3, -0.25) is 29.4 Å². The fourth-order valence-electron chi connectivity index (χ4n) is 4.25. The van der Waals surface area contributed by atoms with Crippen molar-refractivity contribution in [2.45, 2.75) is 64.5 Å². The first kappa shape index (κ1) is 23.4. The van der Waals surface area contributed by atoms with Gasteiger partial charge in [-0.2, -0.15) is 5.01 Å². The van der Waals surface area contributed by atoms with Crippen LogP contribution in [-0.2, 0) is 16.1 Å².